The van der Waals surface area contributed by atoms with E-state index >= 15 is 0 Å². The van der Waals surface area contributed by atoms with Crippen LogP contribution < -0.4 is 5.32 Å². The van der Waals surface area contributed by atoms with Gasteiger partial charge in [-0.1, -0.05) is 11.6 Å². The van der Waals surface area contributed by atoms with Crippen molar-refractivity contribution in [1.29, 1.82) is 0 Å². The Kier molecular flexibility index (Phi) is 4.53. The molecule has 1 heterocycles. The van der Waals surface area contributed by atoms with Gasteiger partial charge in [0.05, 0.1) is 17.8 Å². The normalized spacial score (nSPS) is 10.2. The molecule has 0 aliphatic rings. The lowest BCUT2D eigenvalue weighted by molar-refractivity contribution is 0.0828. The van der Waals surface area contributed by atoms with Crippen molar-refractivity contribution < 1.29 is 4.79 Å². The molecule has 1 amide bonds. The molecule has 0 spiro atoms. The number of carbonyl (C=O) groups is 1. The summed E-state index contributed by atoms with van der Waals surface area (Å²) in [5, 5.41) is 3.76. The first kappa shape index (κ1) is 14.3. The van der Waals surface area contributed by atoms with E-state index in [0.717, 1.165) is 5.69 Å². The van der Waals surface area contributed by atoms with Crippen LogP contribution in [0.15, 0.2) is 36.8 Å². The van der Waals surface area contributed by atoms with Gasteiger partial charge < -0.3 is 10.2 Å². The maximum atomic E-state index is 12.1. The Bertz CT molecular complexity index is 601. The molecule has 0 unspecified atom stereocenters. The van der Waals surface area contributed by atoms with Crippen LogP contribution in [0, 0.1) is 0 Å². The summed E-state index contributed by atoms with van der Waals surface area (Å²) >= 11 is 5.99. The van der Waals surface area contributed by atoms with Crippen LogP contribution in [-0.2, 0) is 6.54 Å². The van der Waals surface area contributed by atoms with Crippen LogP contribution in [0.3, 0.4) is 0 Å². The number of rotatable bonds is 4. The number of nitrogens with one attached hydrogen (secondary N) is 1. The van der Waals surface area contributed by atoms with Crippen LogP contribution in [0.4, 0.5) is 5.69 Å². The molecule has 20 heavy (non-hydrogen) atoms. The highest BCUT2D eigenvalue weighted by molar-refractivity contribution is 6.31. The molecular weight excluding hydrogens is 276 g/mol. The highest BCUT2D eigenvalue weighted by Gasteiger charge is 2.13. The average Bonchev–Trinajstić information content (AvgIpc) is 2.45. The number of nitrogens with zero attached hydrogens (tertiary/aromatic N) is 3. The maximum Gasteiger partial charge on any atom is 0.255 e. The van der Waals surface area contributed by atoms with Gasteiger partial charge in [0, 0.05) is 31.0 Å². The third-order valence-corrected chi connectivity index (χ3v) is 2.96. The Morgan fingerprint density at radius 3 is 2.80 bits per heavy atom. The summed E-state index contributed by atoms with van der Waals surface area (Å²) in [5.74, 6) is -0.0770. The molecule has 0 bridgehead atoms. The van der Waals surface area contributed by atoms with Gasteiger partial charge in [0.15, 0.2) is 0 Å². The summed E-state index contributed by atoms with van der Waals surface area (Å²) in [6.45, 7) is 0.497. The monoisotopic (exact) mass is 290 g/mol. The lowest BCUT2D eigenvalue weighted by Gasteiger charge is -2.15. The number of halogens is 1. The van der Waals surface area contributed by atoms with Crippen LogP contribution in [0.1, 0.15) is 16.1 Å². The quantitative estimate of drug-likeness (QED) is 0.940. The van der Waals surface area contributed by atoms with Gasteiger partial charge in [0.2, 0.25) is 0 Å². The zero-order valence-corrected chi connectivity index (χ0v) is 12.1. The van der Waals surface area contributed by atoms with E-state index in [-0.39, 0.29) is 5.91 Å². The largest absolute Gasteiger partial charge is 0.379 e. The van der Waals surface area contributed by atoms with Crippen LogP contribution in [0.25, 0.3) is 0 Å². The Hall–Kier alpha value is -2.14. The summed E-state index contributed by atoms with van der Waals surface area (Å²) in [6, 6.07) is 6.96. The third kappa shape index (κ3) is 3.45. The fourth-order valence-corrected chi connectivity index (χ4v) is 1.87. The minimum atomic E-state index is -0.0770. The smallest absolute Gasteiger partial charge is 0.255 e. The predicted molar refractivity (Wildman–Crippen MR) is 78.8 cm³/mol. The van der Waals surface area contributed by atoms with Crippen LogP contribution in [0.5, 0.6) is 0 Å². The van der Waals surface area contributed by atoms with Gasteiger partial charge in [-0.25, -0.2) is 9.97 Å². The fraction of sp³-hybridized carbons (Fsp3) is 0.214. The molecule has 1 aromatic heterocycles. The first-order chi connectivity index (χ1) is 9.58. The van der Waals surface area contributed by atoms with Gasteiger partial charge in [-0.15, -0.1) is 0 Å². The Balaban J connectivity index is 2.21. The molecule has 5 nitrogen and oxygen atoms in total. The lowest BCUT2D eigenvalue weighted by atomic mass is 10.1. The Morgan fingerprint density at radius 2 is 2.15 bits per heavy atom. The van der Waals surface area contributed by atoms with Crippen molar-refractivity contribution in [3.63, 3.8) is 0 Å². The van der Waals surface area contributed by atoms with Crippen molar-refractivity contribution in [2.45, 2.75) is 6.54 Å². The number of benzene rings is 1. The SMILES string of the molecule is CN(C)C(=O)c1ccc(Cl)cc1NCc1ccncn1. The topological polar surface area (TPSA) is 58.1 Å². The second kappa shape index (κ2) is 6.34. The first-order valence-corrected chi connectivity index (χ1v) is 6.45. The number of aromatic nitrogens is 2. The van der Waals surface area contributed by atoms with E-state index in [2.05, 4.69) is 15.3 Å². The van der Waals surface area contributed by atoms with Gasteiger partial charge in [0.1, 0.15) is 6.33 Å². The molecule has 2 rings (SSSR count). The van der Waals surface area contributed by atoms with Crippen LogP contribution in [-0.4, -0.2) is 34.9 Å². The summed E-state index contributed by atoms with van der Waals surface area (Å²) in [6.07, 6.45) is 3.16. The minimum Gasteiger partial charge on any atom is -0.379 e. The summed E-state index contributed by atoms with van der Waals surface area (Å²) < 4.78 is 0. The second-order valence-corrected chi connectivity index (χ2v) is 4.88. The number of anilines is 1. The second-order valence-electron chi connectivity index (χ2n) is 4.44. The molecule has 1 N–H and O–H groups in total. The summed E-state index contributed by atoms with van der Waals surface area (Å²) in [7, 11) is 3.43. The Morgan fingerprint density at radius 1 is 1.35 bits per heavy atom. The van der Waals surface area contributed by atoms with Crippen molar-refractivity contribution in [2.24, 2.45) is 0 Å². The van der Waals surface area contributed by atoms with Gasteiger partial charge in [-0.2, -0.15) is 0 Å². The molecule has 1 aromatic carbocycles. The third-order valence-electron chi connectivity index (χ3n) is 2.72. The molecule has 0 aliphatic heterocycles. The summed E-state index contributed by atoms with van der Waals surface area (Å²) in [4.78, 5) is 21.6. The van der Waals surface area contributed by atoms with Gasteiger partial charge in [-0.05, 0) is 24.3 Å². The minimum absolute atomic E-state index is 0.0770. The van der Waals surface area contributed by atoms with Gasteiger partial charge in [-0.3, -0.25) is 4.79 Å². The van der Waals surface area contributed by atoms with E-state index in [9.17, 15) is 4.79 Å². The van der Waals surface area contributed by atoms with Crippen molar-refractivity contribution in [1.82, 2.24) is 14.9 Å². The standard InChI is InChI=1S/C14H15ClN4O/c1-19(2)14(20)12-4-3-10(15)7-13(12)17-8-11-5-6-16-9-18-11/h3-7,9,17H,8H2,1-2H3. The number of amides is 1. The molecular formula is C14H15ClN4O. The molecule has 0 saturated carbocycles. The van der Waals surface area contributed by atoms with Gasteiger partial charge in [0.25, 0.3) is 5.91 Å². The van der Waals surface area contributed by atoms with Crippen molar-refractivity contribution in [2.75, 3.05) is 19.4 Å². The van der Waals surface area contributed by atoms with E-state index < -0.39 is 0 Å². The zero-order valence-electron chi connectivity index (χ0n) is 11.3. The van der Waals surface area contributed by atoms with E-state index in [1.807, 2.05) is 6.07 Å². The van der Waals surface area contributed by atoms with E-state index in [1.54, 1.807) is 38.5 Å². The predicted octanol–water partition coefficient (Wildman–Crippen LogP) is 2.44. The molecule has 0 fully saturated rings. The molecule has 2 aromatic rings. The van der Waals surface area contributed by atoms with Gasteiger partial charge >= 0.3 is 0 Å². The Labute approximate surface area is 122 Å². The highest BCUT2D eigenvalue weighted by Crippen LogP contribution is 2.22. The fourth-order valence-electron chi connectivity index (χ4n) is 1.70. The molecule has 0 radical (unpaired) electrons. The molecule has 6 heteroatoms. The number of hydrogen-bond donors (Lipinski definition) is 1. The zero-order chi connectivity index (χ0) is 14.5. The molecule has 0 aliphatic carbocycles. The van der Waals surface area contributed by atoms with E-state index in [0.29, 0.717) is 22.8 Å². The maximum absolute atomic E-state index is 12.1. The number of carbonyl (C=O) groups excluding carboxylic acids is 1. The van der Waals surface area contributed by atoms with E-state index in [4.69, 9.17) is 11.6 Å². The molecule has 0 saturated heterocycles. The van der Waals surface area contributed by atoms with Crippen molar-refractivity contribution in [3.05, 3.63) is 53.1 Å². The highest BCUT2D eigenvalue weighted by atomic mass is 35.5. The van der Waals surface area contributed by atoms with Crippen molar-refractivity contribution in [3.8, 4) is 0 Å². The molecule has 104 valence electrons. The van der Waals surface area contributed by atoms with E-state index in [1.165, 1.54) is 11.2 Å². The first-order valence-electron chi connectivity index (χ1n) is 6.08. The van der Waals surface area contributed by atoms with Crippen LogP contribution >= 0.6 is 11.6 Å². The van der Waals surface area contributed by atoms with Crippen LogP contribution in [0.2, 0.25) is 5.02 Å². The average molecular weight is 291 g/mol. The lowest BCUT2D eigenvalue weighted by Crippen LogP contribution is -2.23. The number of hydrogen-bond acceptors (Lipinski definition) is 4. The molecule has 0 atom stereocenters. The van der Waals surface area contributed by atoms with Crippen molar-refractivity contribution >= 4 is 23.2 Å². The summed E-state index contributed by atoms with van der Waals surface area (Å²) in [5.41, 5.74) is 2.10.